The van der Waals surface area contributed by atoms with Crippen molar-refractivity contribution in [3.8, 4) is 5.69 Å². The zero-order valence-electron chi connectivity index (χ0n) is 10.4. The predicted molar refractivity (Wildman–Crippen MR) is 93.4 cm³/mol. The molecular formula is C14H7BrCl4N2. The summed E-state index contributed by atoms with van der Waals surface area (Å²) < 4.78 is 2.56. The van der Waals surface area contributed by atoms with Crippen LogP contribution >= 0.6 is 62.3 Å². The Hall–Kier alpha value is -0.450. The molecule has 1 heterocycles. The lowest BCUT2D eigenvalue weighted by Gasteiger charge is -2.12. The van der Waals surface area contributed by atoms with Crippen molar-refractivity contribution in [1.82, 2.24) is 9.55 Å². The van der Waals surface area contributed by atoms with Crippen molar-refractivity contribution in [1.29, 1.82) is 0 Å². The second kappa shape index (κ2) is 5.98. The van der Waals surface area contributed by atoms with Crippen LogP contribution in [0.25, 0.3) is 16.7 Å². The minimum absolute atomic E-state index is 0.231. The number of benzene rings is 2. The molecule has 0 atom stereocenters. The van der Waals surface area contributed by atoms with E-state index in [1.165, 1.54) is 0 Å². The standard InChI is InChI=1S/C14H7BrCl4N2/c15-7-4-5-10(13(19)12(7)18)21-11(6-16)20-9-3-1-2-8(17)14(9)21/h1-5H,6H2. The van der Waals surface area contributed by atoms with Crippen molar-refractivity contribution < 1.29 is 0 Å². The zero-order valence-corrected chi connectivity index (χ0v) is 15.0. The van der Waals surface area contributed by atoms with Crippen LogP contribution in [0.1, 0.15) is 5.82 Å². The van der Waals surface area contributed by atoms with Crippen LogP contribution in [0.3, 0.4) is 0 Å². The minimum atomic E-state index is 0.231. The molecule has 1 aromatic heterocycles. The summed E-state index contributed by atoms with van der Waals surface area (Å²) >= 11 is 28.3. The average molecular weight is 425 g/mol. The van der Waals surface area contributed by atoms with Crippen LogP contribution in [0.15, 0.2) is 34.8 Å². The van der Waals surface area contributed by atoms with E-state index in [9.17, 15) is 0 Å². The molecule has 0 saturated heterocycles. The SMILES string of the molecule is ClCc1nc2cccc(Cl)c2n1-c1ccc(Br)c(Cl)c1Cl. The van der Waals surface area contributed by atoms with Crippen LogP contribution in [0.2, 0.25) is 15.1 Å². The first-order valence-corrected chi connectivity index (χ1v) is 8.36. The number of fused-ring (bicyclic) bond motifs is 1. The maximum Gasteiger partial charge on any atom is 0.129 e. The van der Waals surface area contributed by atoms with Gasteiger partial charge in [-0.05, 0) is 40.2 Å². The molecule has 0 N–H and O–H groups in total. The van der Waals surface area contributed by atoms with Gasteiger partial charge >= 0.3 is 0 Å². The first-order chi connectivity index (χ1) is 10.0. The Balaban J connectivity index is 2.42. The quantitative estimate of drug-likeness (QED) is 0.339. The van der Waals surface area contributed by atoms with Crippen molar-refractivity contribution in [3.63, 3.8) is 0 Å². The van der Waals surface area contributed by atoms with E-state index in [0.717, 1.165) is 15.5 Å². The molecule has 108 valence electrons. The number of para-hydroxylation sites is 1. The highest BCUT2D eigenvalue weighted by molar-refractivity contribution is 9.10. The van der Waals surface area contributed by atoms with Gasteiger partial charge in [0.1, 0.15) is 5.82 Å². The Morgan fingerprint density at radius 3 is 2.52 bits per heavy atom. The number of nitrogens with zero attached hydrogens (tertiary/aromatic N) is 2. The lowest BCUT2D eigenvalue weighted by atomic mass is 10.2. The van der Waals surface area contributed by atoms with Crippen molar-refractivity contribution in [3.05, 3.63) is 55.7 Å². The van der Waals surface area contributed by atoms with Crippen LogP contribution in [0, 0.1) is 0 Å². The van der Waals surface area contributed by atoms with Gasteiger partial charge in [0.15, 0.2) is 0 Å². The number of aromatic nitrogens is 2. The third-order valence-corrected chi connectivity index (χ3v) is 5.38. The molecule has 0 unspecified atom stereocenters. The first kappa shape index (κ1) is 15.4. The Morgan fingerprint density at radius 1 is 1.05 bits per heavy atom. The van der Waals surface area contributed by atoms with Gasteiger partial charge in [0.05, 0.1) is 37.7 Å². The zero-order chi connectivity index (χ0) is 15.1. The van der Waals surface area contributed by atoms with Crippen LogP contribution in [0.4, 0.5) is 0 Å². The highest BCUT2D eigenvalue weighted by Crippen LogP contribution is 2.38. The largest absolute Gasteiger partial charge is 0.292 e. The molecule has 0 radical (unpaired) electrons. The van der Waals surface area contributed by atoms with Gasteiger partial charge in [0, 0.05) is 4.47 Å². The highest BCUT2D eigenvalue weighted by atomic mass is 79.9. The van der Waals surface area contributed by atoms with E-state index >= 15 is 0 Å². The van der Waals surface area contributed by atoms with Crippen LogP contribution < -0.4 is 0 Å². The average Bonchev–Trinajstić information content (AvgIpc) is 2.85. The van der Waals surface area contributed by atoms with Gasteiger partial charge in [0.25, 0.3) is 0 Å². The summed E-state index contributed by atoms with van der Waals surface area (Å²) in [6.07, 6.45) is 0. The maximum absolute atomic E-state index is 6.37. The van der Waals surface area contributed by atoms with E-state index in [1.807, 2.05) is 28.8 Å². The topological polar surface area (TPSA) is 17.8 Å². The summed E-state index contributed by atoms with van der Waals surface area (Å²) in [7, 11) is 0. The van der Waals surface area contributed by atoms with E-state index in [4.69, 9.17) is 46.4 Å². The van der Waals surface area contributed by atoms with Gasteiger partial charge in [-0.25, -0.2) is 4.98 Å². The lowest BCUT2D eigenvalue weighted by molar-refractivity contribution is 0.982. The molecule has 0 aliphatic carbocycles. The number of halogens is 5. The molecule has 7 heteroatoms. The number of alkyl halides is 1. The molecule has 3 rings (SSSR count). The third kappa shape index (κ3) is 2.55. The van der Waals surface area contributed by atoms with E-state index in [-0.39, 0.29) is 5.88 Å². The summed E-state index contributed by atoms with van der Waals surface area (Å²) in [4.78, 5) is 4.49. The van der Waals surface area contributed by atoms with E-state index in [1.54, 1.807) is 6.07 Å². The summed E-state index contributed by atoms with van der Waals surface area (Å²) in [6, 6.07) is 9.19. The Labute approximate surface area is 149 Å². The number of rotatable bonds is 2. The minimum Gasteiger partial charge on any atom is -0.292 e. The molecule has 3 aromatic rings. The molecular weight excluding hydrogens is 418 g/mol. The summed E-state index contributed by atoms with van der Waals surface area (Å²) in [5, 5.41) is 1.42. The first-order valence-electron chi connectivity index (χ1n) is 5.90. The molecule has 21 heavy (non-hydrogen) atoms. The summed E-state index contributed by atoms with van der Waals surface area (Å²) in [6.45, 7) is 0. The molecule has 0 fully saturated rings. The van der Waals surface area contributed by atoms with E-state index in [2.05, 4.69) is 20.9 Å². The van der Waals surface area contributed by atoms with Crippen LogP contribution in [-0.4, -0.2) is 9.55 Å². The Kier molecular flexibility index (Phi) is 4.40. The molecule has 0 aliphatic rings. The molecule has 0 amide bonds. The van der Waals surface area contributed by atoms with E-state index in [0.29, 0.717) is 26.6 Å². The van der Waals surface area contributed by atoms with Gasteiger partial charge in [0.2, 0.25) is 0 Å². The predicted octanol–water partition coefficient (Wildman–Crippen LogP) is 6.49. The van der Waals surface area contributed by atoms with Gasteiger partial charge < -0.3 is 0 Å². The molecule has 0 spiro atoms. The monoisotopic (exact) mass is 422 g/mol. The summed E-state index contributed by atoms with van der Waals surface area (Å²) in [5.74, 6) is 0.884. The fourth-order valence-electron chi connectivity index (χ4n) is 2.17. The second-order valence-electron chi connectivity index (χ2n) is 4.30. The van der Waals surface area contributed by atoms with Gasteiger partial charge in [-0.3, -0.25) is 4.57 Å². The second-order valence-corrected chi connectivity index (χ2v) is 6.58. The number of hydrogen-bond donors (Lipinski definition) is 0. The number of imidazole rings is 1. The fraction of sp³-hybridized carbons (Fsp3) is 0.0714. The maximum atomic E-state index is 6.37. The fourth-order valence-corrected chi connectivity index (χ4v) is 3.46. The van der Waals surface area contributed by atoms with Crippen LogP contribution in [0.5, 0.6) is 0 Å². The highest BCUT2D eigenvalue weighted by Gasteiger charge is 2.18. The van der Waals surface area contributed by atoms with Crippen LogP contribution in [-0.2, 0) is 5.88 Å². The van der Waals surface area contributed by atoms with E-state index < -0.39 is 0 Å². The molecule has 0 saturated carbocycles. The van der Waals surface area contributed by atoms with Crippen molar-refractivity contribution in [2.75, 3.05) is 0 Å². The molecule has 0 bridgehead atoms. The number of hydrogen-bond acceptors (Lipinski definition) is 1. The van der Waals surface area contributed by atoms with Crippen molar-refractivity contribution in [2.24, 2.45) is 0 Å². The third-order valence-electron chi connectivity index (χ3n) is 3.07. The van der Waals surface area contributed by atoms with Crippen molar-refractivity contribution in [2.45, 2.75) is 5.88 Å². The van der Waals surface area contributed by atoms with Gasteiger partial charge in [-0.2, -0.15) is 0 Å². The Morgan fingerprint density at radius 2 is 1.81 bits per heavy atom. The molecule has 2 aromatic carbocycles. The lowest BCUT2D eigenvalue weighted by Crippen LogP contribution is -2.01. The molecule has 2 nitrogen and oxygen atoms in total. The van der Waals surface area contributed by atoms with Gasteiger partial charge in [-0.1, -0.05) is 40.9 Å². The normalized spacial score (nSPS) is 11.3. The van der Waals surface area contributed by atoms with Gasteiger partial charge in [-0.15, -0.1) is 11.6 Å². The molecule has 0 aliphatic heterocycles. The smallest absolute Gasteiger partial charge is 0.129 e. The van der Waals surface area contributed by atoms with Crippen molar-refractivity contribution >= 4 is 73.4 Å². The summed E-state index contributed by atoms with van der Waals surface area (Å²) in [5.41, 5.74) is 2.21. The Bertz CT molecular complexity index is 845.